The largest absolute Gasteiger partial charge is 0.507 e. The zero-order valence-electron chi connectivity index (χ0n) is 21.6. The highest BCUT2D eigenvalue weighted by Gasteiger charge is 2.36. The van der Waals surface area contributed by atoms with Crippen LogP contribution in [0.5, 0.6) is 0 Å². The van der Waals surface area contributed by atoms with Gasteiger partial charge in [-0.25, -0.2) is 4.79 Å². The smallest absolute Gasteiger partial charge is 0.344 e. The Morgan fingerprint density at radius 1 is 0.886 bits per heavy atom. The van der Waals surface area contributed by atoms with Crippen LogP contribution in [-0.4, -0.2) is 40.4 Å². The van der Waals surface area contributed by atoms with E-state index in [0.29, 0.717) is 23.4 Å². The molecular formula is C29H43NO5. The lowest BCUT2D eigenvalue weighted by Gasteiger charge is -2.08. The van der Waals surface area contributed by atoms with E-state index in [1.807, 2.05) is 0 Å². The zero-order chi connectivity index (χ0) is 25.5. The Labute approximate surface area is 210 Å². The molecule has 1 heterocycles. The molecule has 1 aliphatic heterocycles. The Kier molecular flexibility index (Phi) is 13.4. The van der Waals surface area contributed by atoms with E-state index in [2.05, 4.69) is 11.9 Å². The Morgan fingerprint density at radius 3 is 1.86 bits per heavy atom. The number of aliphatic hydroxyl groups is 2. The number of aliphatic hydroxyl groups excluding tert-OH is 2. The number of benzene rings is 1. The van der Waals surface area contributed by atoms with E-state index in [1.54, 1.807) is 24.3 Å². The molecule has 0 saturated carbocycles. The molecule has 0 saturated heterocycles. The lowest BCUT2D eigenvalue weighted by molar-refractivity contribution is -0.141. The van der Waals surface area contributed by atoms with Crippen molar-refractivity contribution in [3.05, 3.63) is 41.2 Å². The standard InChI is InChI=1S/C29H43NO5/c1-3-4-5-6-7-8-9-10-11-12-13-14-15-16-25(27-28(33)26(21-31)35-29(27)34)30-24-19-17-23(18-20-24)22(2)32/h17-20,26,31,33H,3-16,21H2,1-2H3. The normalized spacial score (nSPS) is 16.1. The average Bonchev–Trinajstić information content (AvgIpc) is 3.14. The van der Waals surface area contributed by atoms with Crippen LogP contribution in [0.3, 0.4) is 0 Å². The summed E-state index contributed by atoms with van der Waals surface area (Å²) in [6.45, 7) is 3.28. The van der Waals surface area contributed by atoms with Crippen LogP contribution < -0.4 is 0 Å². The highest BCUT2D eigenvalue weighted by molar-refractivity contribution is 6.22. The number of cyclic esters (lactones) is 1. The van der Waals surface area contributed by atoms with Gasteiger partial charge in [-0.3, -0.25) is 9.79 Å². The third kappa shape index (κ3) is 9.96. The summed E-state index contributed by atoms with van der Waals surface area (Å²) in [7, 11) is 0. The predicted molar refractivity (Wildman–Crippen MR) is 140 cm³/mol. The van der Waals surface area contributed by atoms with E-state index >= 15 is 0 Å². The van der Waals surface area contributed by atoms with Crippen molar-refractivity contribution in [1.29, 1.82) is 0 Å². The molecule has 0 aliphatic carbocycles. The van der Waals surface area contributed by atoms with Gasteiger partial charge < -0.3 is 14.9 Å². The zero-order valence-corrected chi connectivity index (χ0v) is 21.6. The minimum Gasteiger partial charge on any atom is -0.507 e. The number of unbranched alkanes of at least 4 members (excludes halogenated alkanes) is 12. The quantitative estimate of drug-likeness (QED) is 0.0994. The fraction of sp³-hybridized carbons (Fsp3) is 0.621. The first-order valence-electron chi connectivity index (χ1n) is 13.4. The van der Waals surface area contributed by atoms with Crippen molar-refractivity contribution >= 4 is 23.2 Å². The first-order valence-corrected chi connectivity index (χ1v) is 13.4. The maximum atomic E-state index is 12.4. The van der Waals surface area contributed by atoms with Crippen LogP contribution in [0, 0.1) is 0 Å². The van der Waals surface area contributed by atoms with E-state index in [0.717, 1.165) is 19.3 Å². The highest BCUT2D eigenvalue weighted by Crippen LogP contribution is 2.26. The van der Waals surface area contributed by atoms with Gasteiger partial charge in [0.05, 0.1) is 18.0 Å². The Hall–Kier alpha value is -2.47. The molecule has 0 amide bonds. The summed E-state index contributed by atoms with van der Waals surface area (Å²) in [5.74, 6) is -0.945. The van der Waals surface area contributed by atoms with Gasteiger partial charge in [0.15, 0.2) is 17.6 Å². The minimum absolute atomic E-state index is 0.0294. The molecule has 2 rings (SSSR count). The van der Waals surface area contributed by atoms with Crippen molar-refractivity contribution in [2.75, 3.05) is 6.61 Å². The van der Waals surface area contributed by atoms with Crippen molar-refractivity contribution in [3.8, 4) is 0 Å². The summed E-state index contributed by atoms with van der Waals surface area (Å²) < 4.78 is 5.09. The summed E-state index contributed by atoms with van der Waals surface area (Å²) in [5, 5.41) is 19.8. The number of Topliss-reactive ketones (excluding diaryl/α,β-unsaturated/α-hetero) is 1. The Balaban J connectivity index is 1.84. The van der Waals surface area contributed by atoms with Crippen LogP contribution in [0.2, 0.25) is 0 Å². The molecule has 0 fully saturated rings. The lowest BCUT2D eigenvalue weighted by Crippen LogP contribution is -2.15. The van der Waals surface area contributed by atoms with Crippen molar-refractivity contribution in [2.24, 2.45) is 4.99 Å². The summed E-state index contributed by atoms with van der Waals surface area (Å²) in [4.78, 5) is 28.5. The van der Waals surface area contributed by atoms with Crippen molar-refractivity contribution in [2.45, 2.75) is 110 Å². The molecule has 194 valence electrons. The molecule has 35 heavy (non-hydrogen) atoms. The van der Waals surface area contributed by atoms with Gasteiger partial charge in [-0.05, 0) is 44.0 Å². The first kappa shape index (κ1) is 28.8. The fourth-order valence-corrected chi connectivity index (χ4v) is 4.37. The molecule has 0 bridgehead atoms. The average molecular weight is 486 g/mol. The number of carbonyl (C=O) groups is 2. The molecule has 0 radical (unpaired) electrons. The SMILES string of the molecule is CCCCCCCCCCCCCCCC(=Nc1ccc(C(C)=O)cc1)C1=C(O)C(CO)OC1=O. The number of aliphatic imine (C=N–C) groups is 1. The number of nitrogens with zero attached hydrogens (tertiary/aromatic N) is 1. The topological polar surface area (TPSA) is 96.2 Å². The van der Waals surface area contributed by atoms with Crippen LogP contribution in [0.1, 0.15) is 114 Å². The third-order valence-corrected chi connectivity index (χ3v) is 6.52. The molecule has 1 aromatic carbocycles. The van der Waals surface area contributed by atoms with Gasteiger partial charge in [0.25, 0.3) is 0 Å². The van der Waals surface area contributed by atoms with Gasteiger partial charge in [0, 0.05) is 5.56 Å². The second kappa shape index (κ2) is 16.2. The van der Waals surface area contributed by atoms with Crippen molar-refractivity contribution in [3.63, 3.8) is 0 Å². The Morgan fingerprint density at radius 2 is 1.40 bits per heavy atom. The van der Waals surface area contributed by atoms with Crippen LogP contribution in [0.25, 0.3) is 0 Å². The summed E-state index contributed by atoms with van der Waals surface area (Å²) in [5.41, 5.74) is 1.70. The van der Waals surface area contributed by atoms with Gasteiger partial charge >= 0.3 is 5.97 Å². The van der Waals surface area contributed by atoms with E-state index < -0.39 is 18.7 Å². The summed E-state index contributed by atoms with van der Waals surface area (Å²) >= 11 is 0. The highest BCUT2D eigenvalue weighted by atomic mass is 16.6. The predicted octanol–water partition coefficient (Wildman–Crippen LogP) is 7.17. The van der Waals surface area contributed by atoms with Crippen LogP contribution in [0.15, 0.2) is 40.6 Å². The second-order valence-corrected chi connectivity index (χ2v) is 9.49. The van der Waals surface area contributed by atoms with Gasteiger partial charge in [-0.2, -0.15) is 0 Å². The first-order chi connectivity index (χ1) is 17.0. The third-order valence-electron chi connectivity index (χ3n) is 6.52. The van der Waals surface area contributed by atoms with Gasteiger partial charge in [-0.15, -0.1) is 0 Å². The van der Waals surface area contributed by atoms with Crippen LogP contribution in [0.4, 0.5) is 5.69 Å². The molecule has 1 atom stereocenters. The van der Waals surface area contributed by atoms with E-state index in [4.69, 9.17) is 4.74 Å². The number of carbonyl (C=O) groups excluding carboxylic acids is 2. The fourth-order valence-electron chi connectivity index (χ4n) is 4.37. The molecule has 6 nitrogen and oxygen atoms in total. The van der Waals surface area contributed by atoms with E-state index in [1.165, 1.54) is 71.1 Å². The molecule has 0 spiro atoms. The van der Waals surface area contributed by atoms with E-state index in [9.17, 15) is 19.8 Å². The maximum absolute atomic E-state index is 12.4. The summed E-state index contributed by atoms with van der Waals surface area (Å²) in [6, 6.07) is 6.84. The van der Waals surface area contributed by atoms with Crippen LogP contribution >= 0.6 is 0 Å². The number of rotatable bonds is 18. The van der Waals surface area contributed by atoms with Gasteiger partial charge in [-0.1, -0.05) is 84.0 Å². The molecule has 2 N–H and O–H groups in total. The lowest BCUT2D eigenvalue weighted by atomic mass is 10.0. The molecule has 1 unspecified atom stereocenters. The minimum atomic E-state index is -1.03. The van der Waals surface area contributed by atoms with Gasteiger partial charge in [0.2, 0.25) is 0 Å². The molecule has 1 aliphatic rings. The number of ketones is 1. The number of hydrogen-bond donors (Lipinski definition) is 2. The van der Waals surface area contributed by atoms with Crippen LogP contribution in [-0.2, 0) is 9.53 Å². The Bertz CT molecular complexity index is 856. The molecule has 6 heteroatoms. The number of esters is 1. The second-order valence-electron chi connectivity index (χ2n) is 9.49. The molecule has 1 aromatic rings. The monoisotopic (exact) mass is 485 g/mol. The van der Waals surface area contributed by atoms with Crippen molar-refractivity contribution in [1.82, 2.24) is 0 Å². The maximum Gasteiger partial charge on any atom is 0.344 e. The molecule has 0 aromatic heterocycles. The number of ether oxygens (including phenoxy) is 1. The molecular weight excluding hydrogens is 442 g/mol. The van der Waals surface area contributed by atoms with Gasteiger partial charge in [0.1, 0.15) is 5.57 Å². The van der Waals surface area contributed by atoms with E-state index in [-0.39, 0.29) is 17.1 Å². The van der Waals surface area contributed by atoms with Crippen molar-refractivity contribution < 1.29 is 24.5 Å². The summed E-state index contributed by atoms with van der Waals surface area (Å²) in [6.07, 6.45) is 15.7. The number of hydrogen-bond acceptors (Lipinski definition) is 6.